The minimum atomic E-state index is -3.64. The molecule has 1 saturated carbocycles. The molecule has 1 fully saturated rings. The van der Waals surface area contributed by atoms with Gasteiger partial charge in [-0.15, -0.1) is 0 Å². The summed E-state index contributed by atoms with van der Waals surface area (Å²) in [5, 5.41) is 0. The van der Waals surface area contributed by atoms with E-state index in [1.165, 1.54) is 26.4 Å². The lowest BCUT2D eigenvalue weighted by atomic mass is 10.1. The summed E-state index contributed by atoms with van der Waals surface area (Å²) in [5.74, 6) is 0.209. The fourth-order valence-corrected chi connectivity index (χ4v) is 2.92. The van der Waals surface area contributed by atoms with Gasteiger partial charge in [-0.3, -0.25) is 4.79 Å². The SMILES string of the molecule is COC(CNS(=O)(=O)c1ccc(C(=O)C2CC2)cc1)OC. The van der Waals surface area contributed by atoms with Gasteiger partial charge in [-0.05, 0) is 25.0 Å². The quantitative estimate of drug-likeness (QED) is 0.575. The number of carbonyl (C=O) groups excluding carboxylic acids is 1. The van der Waals surface area contributed by atoms with E-state index in [0.717, 1.165) is 12.8 Å². The van der Waals surface area contributed by atoms with Gasteiger partial charge >= 0.3 is 0 Å². The summed E-state index contributed by atoms with van der Waals surface area (Å²) in [4.78, 5) is 12.0. The van der Waals surface area contributed by atoms with E-state index in [1.807, 2.05) is 0 Å². The first-order valence-electron chi connectivity index (χ1n) is 6.67. The van der Waals surface area contributed by atoms with E-state index in [2.05, 4.69) is 4.72 Å². The van der Waals surface area contributed by atoms with E-state index in [1.54, 1.807) is 12.1 Å². The lowest BCUT2D eigenvalue weighted by Gasteiger charge is -2.14. The number of ketones is 1. The van der Waals surface area contributed by atoms with Crippen LogP contribution in [-0.4, -0.2) is 41.3 Å². The standard InChI is InChI=1S/C14H19NO5S/c1-19-13(20-2)9-15-21(17,18)12-7-5-11(6-8-12)14(16)10-3-4-10/h5-8,10,13,15H,3-4,9H2,1-2H3. The second-order valence-corrected chi connectivity index (χ2v) is 6.68. The predicted octanol–water partition coefficient (Wildman–Crippen LogP) is 1.18. The number of rotatable bonds is 8. The molecule has 1 aromatic rings. The van der Waals surface area contributed by atoms with Crippen LogP contribution in [0.1, 0.15) is 23.2 Å². The van der Waals surface area contributed by atoms with Crippen LogP contribution < -0.4 is 4.72 Å². The Hall–Kier alpha value is -1.28. The maximum atomic E-state index is 12.1. The van der Waals surface area contributed by atoms with Crippen molar-refractivity contribution < 1.29 is 22.7 Å². The third-order valence-electron chi connectivity index (χ3n) is 3.36. The number of hydrogen-bond donors (Lipinski definition) is 1. The minimum absolute atomic E-state index is 0.0120. The Labute approximate surface area is 124 Å². The van der Waals surface area contributed by atoms with E-state index in [-0.39, 0.29) is 23.1 Å². The first-order valence-corrected chi connectivity index (χ1v) is 8.16. The lowest BCUT2D eigenvalue weighted by Crippen LogP contribution is -2.34. The molecule has 116 valence electrons. The monoisotopic (exact) mass is 313 g/mol. The van der Waals surface area contributed by atoms with Crippen LogP contribution in [-0.2, 0) is 19.5 Å². The molecule has 2 rings (SSSR count). The van der Waals surface area contributed by atoms with Crippen molar-refractivity contribution in [3.8, 4) is 0 Å². The number of carbonyl (C=O) groups is 1. The molecule has 1 aliphatic carbocycles. The molecule has 21 heavy (non-hydrogen) atoms. The maximum Gasteiger partial charge on any atom is 0.240 e. The van der Waals surface area contributed by atoms with Crippen LogP contribution in [0.2, 0.25) is 0 Å². The summed E-state index contributed by atoms with van der Waals surface area (Å²) < 4.78 is 36.4. The van der Waals surface area contributed by atoms with Gasteiger partial charge in [0.25, 0.3) is 0 Å². The minimum Gasteiger partial charge on any atom is -0.355 e. The Morgan fingerprint density at radius 1 is 1.24 bits per heavy atom. The van der Waals surface area contributed by atoms with Gasteiger partial charge in [-0.25, -0.2) is 13.1 Å². The molecule has 0 unspecified atom stereocenters. The van der Waals surface area contributed by atoms with Crippen molar-refractivity contribution in [1.82, 2.24) is 4.72 Å². The van der Waals surface area contributed by atoms with Crippen LogP contribution in [0.25, 0.3) is 0 Å². The van der Waals surface area contributed by atoms with Crippen LogP contribution in [0.4, 0.5) is 0 Å². The molecule has 0 heterocycles. The van der Waals surface area contributed by atoms with Crippen molar-refractivity contribution in [2.45, 2.75) is 24.0 Å². The number of hydrogen-bond acceptors (Lipinski definition) is 5. The Morgan fingerprint density at radius 2 is 1.81 bits per heavy atom. The first kappa shape index (κ1) is 16.1. The van der Waals surface area contributed by atoms with E-state index < -0.39 is 16.3 Å². The molecular weight excluding hydrogens is 294 g/mol. The summed E-state index contributed by atoms with van der Waals surface area (Å²) in [5.41, 5.74) is 0.558. The van der Waals surface area contributed by atoms with E-state index in [9.17, 15) is 13.2 Å². The molecular formula is C14H19NO5S. The zero-order chi connectivity index (χ0) is 15.5. The fourth-order valence-electron chi connectivity index (χ4n) is 1.90. The van der Waals surface area contributed by atoms with Gasteiger partial charge in [0.15, 0.2) is 12.1 Å². The zero-order valence-corrected chi connectivity index (χ0v) is 12.9. The molecule has 0 amide bonds. The maximum absolute atomic E-state index is 12.1. The second kappa shape index (κ2) is 6.65. The zero-order valence-electron chi connectivity index (χ0n) is 12.0. The van der Waals surface area contributed by atoms with Gasteiger partial charge in [-0.1, -0.05) is 12.1 Å². The normalized spacial score (nSPS) is 15.4. The molecule has 0 bridgehead atoms. The number of ether oxygens (including phenoxy) is 2. The van der Waals surface area contributed by atoms with Gasteiger partial charge in [0, 0.05) is 25.7 Å². The number of Topliss-reactive ketones (excluding diaryl/α,β-unsaturated/α-hetero) is 1. The average Bonchev–Trinajstić information content (AvgIpc) is 3.32. The van der Waals surface area contributed by atoms with Crippen LogP contribution in [0.15, 0.2) is 29.2 Å². The Morgan fingerprint density at radius 3 is 2.29 bits per heavy atom. The molecule has 0 aliphatic heterocycles. The van der Waals surface area contributed by atoms with Gasteiger partial charge in [-0.2, -0.15) is 0 Å². The highest BCUT2D eigenvalue weighted by Crippen LogP contribution is 2.32. The van der Waals surface area contributed by atoms with E-state index >= 15 is 0 Å². The largest absolute Gasteiger partial charge is 0.355 e. The van der Waals surface area contributed by atoms with Gasteiger partial charge < -0.3 is 9.47 Å². The highest BCUT2D eigenvalue weighted by Gasteiger charge is 2.30. The summed E-state index contributed by atoms with van der Waals surface area (Å²) in [6.07, 6.45) is 1.21. The van der Waals surface area contributed by atoms with Crippen LogP contribution >= 0.6 is 0 Å². The Balaban J connectivity index is 2.04. The van der Waals surface area contributed by atoms with Crippen molar-refractivity contribution in [3.05, 3.63) is 29.8 Å². The van der Waals surface area contributed by atoms with Crippen LogP contribution in [0, 0.1) is 5.92 Å². The lowest BCUT2D eigenvalue weighted by molar-refractivity contribution is -0.0960. The van der Waals surface area contributed by atoms with Crippen LogP contribution in [0.3, 0.4) is 0 Å². The fraction of sp³-hybridized carbons (Fsp3) is 0.500. The third kappa shape index (κ3) is 4.10. The summed E-state index contributed by atoms with van der Waals surface area (Å²) in [6, 6.07) is 5.98. The topological polar surface area (TPSA) is 81.7 Å². The highest BCUT2D eigenvalue weighted by molar-refractivity contribution is 7.89. The molecule has 0 aromatic heterocycles. The summed E-state index contributed by atoms with van der Waals surface area (Å²) in [6.45, 7) is 0.0120. The summed E-state index contributed by atoms with van der Waals surface area (Å²) >= 11 is 0. The van der Waals surface area contributed by atoms with Crippen molar-refractivity contribution in [2.24, 2.45) is 5.92 Å². The van der Waals surface area contributed by atoms with E-state index in [0.29, 0.717) is 5.56 Å². The van der Waals surface area contributed by atoms with E-state index in [4.69, 9.17) is 9.47 Å². The Kier molecular flexibility index (Phi) is 5.10. The highest BCUT2D eigenvalue weighted by atomic mass is 32.2. The van der Waals surface area contributed by atoms with Crippen molar-refractivity contribution in [3.63, 3.8) is 0 Å². The Bertz CT molecular complexity index is 588. The number of benzene rings is 1. The molecule has 0 spiro atoms. The van der Waals surface area contributed by atoms with Crippen LogP contribution in [0.5, 0.6) is 0 Å². The molecule has 7 heteroatoms. The number of nitrogens with one attached hydrogen (secondary N) is 1. The van der Waals surface area contributed by atoms with Gasteiger partial charge in [0.05, 0.1) is 11.4 Å². The molecule has 6 nitrogen and oxygen atoms in total. The molecule has 0 radical (unpaired) electrons. The molecule has 0 atom stereocenters. The third-order valence-corrected chi connectivity index (χ3v) is 4.80. The molecule has 1 N–H and O–H groups in total. The molecule has 1 aromatic carbocycles. The number of sulfonamides is 1. The second-order valence-electron chi connectivity index (χ2n) is 4.92. The molecule has 1 aliphatic rings. The first-order chi connectivity index (χ1) is 9.97. The van der Waals surface area contributed by atoms with Crippen molar-refractivity contribution >= 4 is 15.8 Å². The molecule has 0 saturated heterocycles. The average molecular weight is 313 g/mol. The van der Waals surface area contributed by atoms with Gasteiger partial charge in [0.2, 0.25) is 10.0 Å². The summed E-state index contributed by atoms with van der Waals surface area (Å²) in [7, 11) is -0.781. The van der Waals surface area contributed by atoms with Crippen molar-refractivity contribution in [1.29, 1.82) is 0 Å². The van der Waals surface area contributed by atoms with Crippen molar-refractivity contribution in [2.75, 3.05) is 20.8 Å². The number of methoxy groups -OCH3 is 2. The predicted molar refractivity (Wildman–Crippen MR) is 76.5 cm³/mol. The smallest absolute Gasteiger partial charge is 0.240 e. The van der Waals surface area contributed by atoms with Gasteiger partial charge in [0.1, 0.15) is 0 Å².